The van der Waals surface area contributed by atoms with Crippen LogP contribution in [0.2, 0.25) is 0 Å². The highest BCUT2D eigenvalue weighted by molar-refractivity contribution is 6.04. The number of hydrogen-bond acceptors (Lipinski definition) is 3. The first kappa shape index (κ1) is 6.55. The molecule has 23 heavy (non-hydrogen) atoms. The van der Waals surface area contributed by atoms with Crippen LogP contribution in [0, 0.1) is 0 Å². The van der Waals surface area contributed by atoms with Crippen molar-refractivity contribution in [2.45, 2.75) is 50.1 Å². The van der Waals surface area contributed by atoms with Crippen molar-refractivity contribution in [2.24, 2.45) is 7.05 Å². The summed E-state index contributed by atoms with van der Waals surface area (Å²) in [6, 6.07) is -7.81. The molecule has 4 rings (SSSR count). The number of nitrogens with one attached hydrogen (secondary N) is 1. The molecule has 2 bridgehead atoms. The molecule has 2 fully saturated rings. The summed E-state index contributed by atoms with van der Waals surface area (Å²) in [5.41, 5.74) is -0.601. The molecule has 5 nitrogen and oxygen atoms in total. The van der Waals surface area contributed by atoms with Gasteiger partial charge in [0.2, 0.25) is 0 Å². The average Bonchev–Trinajstić information content (AvgIpc) is 3.11. The van der Waals surface area contributed by atoms with Gasteiger partial charge in [-0.3, -0.25) is 9.48 Å². The number of carbonyl (C=O) groups excluding carboxylic acids is 1. The molecule has 5 heteroatoms. The van der Waals surface area contributed by atoms with Crippen molar-refractivity contribution in [3.05, 3.63) is 29.9 Å². The van der Waals surface area contributed by atoms with E-state index in [0.717, 1.165) is 9.58 Å². The van der Waals surface area contributed by atoms with Crippen LogP contribution in [0.3, 0.4) is 0 Å². The molecule has 0 radical (unpaired) electrons. The number of benzene rings is 1. The highest BCUT2D eigenvalue weighted by Gasteiger charge is 2.36. The van der Waals surface area contributed by atoms with E-state index < -0.39 is 73.6 Å². The van der Waals surface area contributed by atoms with E-state index in [-0.39, 0.29) is 23.7 Å². The Bertz CT molecular complexity index is 1200. The van der Waals surface area contributed by atoms with Crippen molar-refractivity contribution in [2.75, 3.05) is 6.98 Å². The summed E-state index contributed by atoms with van der Waals surface area (Å²) in [6.45, 7) is -2.82. The van der Waals surface area contributed by atoms with E-state index in [1.54, 1.807) is 0 Å². The molecule has 1 aromatic carbocycles. The number of para-hydroxylation sites is 1. The van der Waals surface area contributed by atoms with Crippen molar-refractivity contribution in [1.29, 1.82) is 0 Å². The normalized spacial score (nSPS) is 43.7. The van der Waals surface area contributed by atoms with Crippen LogP contribution in [-0.2, 0) is 7.05 Å². The summed E-state index contributed by atoms with van der Waals surface area (Å²) in [7, 11) is 1.36. The Kier molecular flexibility index (Phi) is 1.61. The van der Waals surface area contributed by atoms with Crippen LogP contribution in [0.15, 0.2) is 24.2 Å². The van der Waals surface area contributed by atoms with Crippen LogP contribution in [0.25, 0.3) is 10.9 Å². The summed E-state index contributed by atoms with van der Waals surface area (Å²) in [5, 5.41) is 5.85. The van der Waals surface area contributed by atoms with Gasteiger partial charge in [0, 0.05) is 40.1 Å². The molecule has 1 amide bonds. The summed E-state index contributed by atoms with van der Waals surface area (Å²) in [4.78, 5) is 14.2. The third-order valence-corrected chi connectivity index (χ3v) is 4.18. The second-order valence-corrected chi connectivity index (χ2v) is 5.68. The lowest BCUT2D eigenvalue weighted by Crippen LogP contribution is -2.55. The van der Waals surface area contributed by atoms with Gasteiger partial charge in [-0.25, -0.2) is 0 Å². The fourth-order valence-electron chi connectivity index (χ4n) is 3.03. The Labute approximate surface area is 153 Å². The van der Waals surface area contributed by atoms with Gasteiger partial charge in [0.15, 0.2) is 5.69 Å². The molecule has 0 unspecified atom stereocenters. The molecule has 2 aromatic rings. The molecule has 3 heterocycles. The lowest BCUT2D eigenvalue weighted by molar-refractivity contribution is 0.0462. The average molecular weight is 324 g/mol. The molecule has 2 saturated heterocycles. The lowest BCUT2D eigenvalue weighted by atomic mass is 9.82. The minimum Gasteiger partial charge on any atom is -0.348 e. The van der Waals surface area contributed by atoms with Crippen molar-refractivity contribution < 1.29 is 21.2 Å². The quantitative estimate of drug-likeness (QED) is 0.922. The number of hydrogen-bond donors (Lipinski definition) is 1. The monoisotopic (exact) mass is 324 g/mol. The van der Waals surface area contributed by atoms with Gasteiger partial charge < -0.3 is 10.2 Å². The molecule has 0 aliphatic carbocycles. The molecule has 1 aromatic heterocycles. The lowest BCUT2D eigenvalue weighted by Gasteiger charge is -2.47. The van der Waals surface area contributed by atoms with Gasteiger partial charge in [-0.2, -0.15) is 5.10 Å². The van der Waals surface area contributed by atoms with Gasteiger partial charge in [0.1, 0.15) is 0 Å². The fourth-order valence-corrected chi connectivity index (χ4v) is 3.03. The maximum atomic E-state index is 13.4. The van der Waals surface area contributed by atoms with Crippen molar-refractivity contribution in [3.63, 3.8) is 0 Å². The van der Waals surface area contributed by atoms with Crippen molar-refractivity contribution >= 4 is 16.8 Å². The van der Waals surface area contributed by atoms with E-state index in [9.17, 15) is 4.79 Å². The Balaban J connectivity index is 1.85. The maximum absolute atomic E-state index is 13.4. The summed E-state index contributed by atoms with van der Waals surface area (Å²) in [5.74, 6) is -1.20. The predicted molar refractivity (Wildman–Crippen MR) is 90.4 cm³/mol. The molecule has 0 spiro atoms. The largest absolute Gasteiger partial charge is 0.348 e. The highest BCUT2D eigenvalue weighted by Crippen LogP contribution is 2.32. The third kappa shape index (κ3) is 2.53. The molecular weight excluding hydrogens is 288 g/mol. The Hall–Kier alpha value is -1.88. The second-order valence-electron chi connectivity index (χ2n) is 5.68. The highest BCUT2D eigenvalue weighted by atomic mass is 16.2. The van der Waals surface area contributed by atoms with Crippen LogP contribution in [-0.4, -0.2) is 45.7 Å². The SMILES string of the molecule is [2H]c1c([2H])c([2H])c2c(c(C(=O)NC3([2H])C([2H])([2H])[C@H]4CCC[C@@H](N4C([2H])([2H])[2H])C3([2H])[2H])nn2C)c1[2H]. The topological polar surface area (TPSA) is 50.2 Å². The van der Waals surface area contributed by atoms with Gasteiger partial charge in [-0.1, -0.05) is 24.5 Å². The molecule has 2 aliphatic rings. The van der Waals surface area contributed by atoms with Gasteiger partial charge >= 0.3 is 0 Å². The zero-order chi connectivity index (χ0) is 26.5. The minimum atomic E-state index is -2.93. The van der Waals surface area contributed by atoms with Crippen LogP contribution in [0.4, 0.5) is 0 Å². The molecular formula is C18H24N4O. The van der Waals surface area contributed by atoms with Crippen molar-refractivity contribution in [3.8, 4) is 0 Å². The number of amides is 1. The first-order valence-electron chi connectivity index (χ1n) is 13.4. The number of aryl methyl sites for hydroxylation is 1. The first-order chi connectivity index (χ1) is 15.9. The molecule has 2 atom stereocenters. The van der Waals surface area contributed by atoms with Crippen LogP contribution < -0.4 is 5.32 Å². The number of fused-ring (bicyclic) bond motifs is 3. The number of carbonyl (C=O) groups is 1. The molecule has 0 saturated carbocycles. The van der Waals surface area contributed by atoms with Gasteiger partial charge in [0.05, 0.1) is 12.4 Å². The van der Waals surface area contributed by atoms with Crippen molar-refractivity contribution in [1.82, 2.24) is 20.0 Å². The summed E-state index contributed by atoms with van der Waals surface area (Å²) < 4.78 is 100. The molecule has 1 N–H and O–H groups in total. The summed E-state index contributed by atoms with van der Waals surface area (Å²) >= 11 is 0. The molecule has 2 aliphatic heterocycles. The fraction of sp³-hybridized carbons (Fsp3) is 0.556. The van der Waals surface area contributed by atoms with E-state index in [4.69, 9.17) is 16.4 Å². The van der Waals surface area contributed by atoms with Gasteiger partial charge in [0.25, 0.3) is 5.91 Å². The zero-order valence-corrected chi connectivity index (χ0v) is 12.5. The van der Waals surface area contributed by atoms with Crippen LogP contribution in [0.5, 0.6) is 0 Å². The van der Waals surface area contributed by atoms with E-state index >= 15 is 0 Å². The minimum absolute atomic E-state index is 0.0501. The third-order valence-electron chi connectivity index (χ3n) is 4.18. The first-order valence-corrected chi connectivity index (χ1v) is 7.43. The van der Waals surface area contributed by atoms with Crippen LogP contribution in [0.1, 0.15) is 58.9 Å². The van der Waals surface area contributed by atoms with E-state index in [1.807, 2.05) is 0 Å². The predicted octanol–water partition coefficient (Wildman–Crippen LogP) is 2.32. The van der Waals surface area contributed by atoms with Gasteiger partial charge in [-0.05, 0) is 38.6 Å². The second kappa shape index (κ2) is 5.64. The Morgan fingerprint density at radius 2 is 2.17 bits per heavy atom. The van der Waals surface area contributed by atoms with E-state index in [1.165, 1.54) is 7.05 Å². The Morgan fingerprint density at radius 1 is 1.43 bits per heavy atom. The number of rotatable bonds is 2. The number of nitrogens with zero attached hydrogens (tertiary/aromatic N) is 3. The Morgan fingerprint density at radius 3 is 2.91 bits per heavy atom. The van der Waals surface area contributed by atoms with Crippen LogP contribution >= 0.6 is 0 Å². The van der Waals surface area contributed by atoms with E-state index in [2.05, 4.69) is 10.4 Å². The smallest absolute Gasteiger partial charge is 0.272 e. The number of aromatic nitrogens is 2. The van der Waals surface area contributed by atoms with E-state index in [0.29, 0.717) is 6.42 Å². The van der Waals surface area contributed by atoms with Gasteiger partial charge in [-0.15, -0.1) is 0 Å². The maximum Gasteiger partial charge on any atom is 0.272 e. The molecule has 122 valence electrons. The standard InChI is InChI=1S/C18H24N4O/c1-21-13-6-5-7-14(21)11-12(10-13)19-18(23)17-15-8-3-4-9-16(15)22(2)20-17/h3-4,8-9,12-14H,5-7,10-11H2,1-2H3,(H,19,23)/t13-,14-/m1/s1/i1D3,3D,4D,8D,9D,10D2,11D2,12D. The zero-order valence-electron chi connectivity index (χ0n) is 24.5. The summed E-state index contributed by atoms with van der Waals surface area (Å²) in [6.07, 6.45) is -5.24. The number of piperidine rings is 2.